The maximum absolute atomic E-state index is 12.1. The minimum atomic E-state index is -3.53. The summed E-state index contributed by atoms with van der Waals surface area (Å²) in [7, 11) is -1.51. The fourth-order valence-corrected chi connectivity index (χ4v) is 2.54. The lowest BCUT2D eigenvalue weighted by atomic mass is 10.3. The molecule has 21 heavy (non-hydrogen) atoms. The van der Waals surface area contributed by atoms with Crippen LogP contribution in [-0.4, -0.2) is 56.0 Å². The molecule has 0 fully saturated rings. The normalized spacial score (nSPS) is 12.1. The molecule has 0 aliphatic heterocycles. The molecule has 7 nitrogen and oxygen atoms in total. The number of anilines is 1. The largest absolute Gasteiger partial charge is 0.355 e. The summed E-state index contributed by atoms with van der Waals surface area (Å²) in [5, 5.41) is 2.92. The van der Waals surface area contributed by atoms with Crippen LogP contribution < -0.4 is 10.0 Å². The third-order valence-corrected chi connectivity index (χ3v) is 4.55. The quantitative estimate of drug-likeness (QED) is 0.659. The third kappa shape index (κ3) is 5.94. The summed E-state index contributed by atoms with van der Waals surface area (Å²) in [4.78, 5) is 10.2. The van der Waals surface area contributed by atoms with Crippen LogP contribution >= 0.6 is 0 Å². The fraction of sp³-hybridized carbons (Fsp3) is 0.692. The van der Waals surface area contributed by atoms with Crippen molar-refractivity contribution < 1.29 is 8.42 Å². The van der Waals surface area contributed by atoms with Gasteiger partial charge in [-0.2, -0.15) is 0 Å². The molecule has 0 amide bonds. The van der Waals surface area contributed by atoms with Crippen LogP contribution in [0.1, 0.15) is 27.2 Å². The second-order valence-corrected chi connectivity index (χ2v) is 6.87. The van der Waals surface area contributed by atoms with E-state index in [1.54, 1.807) is 0 Å². The average molecular weight is 315 g/mol. The Bertz CT molecular complexity index is 516. The second kappa shape index (κ2) is 8.26. The highest BCUT2D eigenvalue weighted by Crippen LogP contribution is 2.07. The van der Waals surface area contributed by atoms with Gasteiger partial charge >= 0.3 is 0 Å². The molecule has 1 aromatic heterocycles. The van der Waals surface area contributed by atoms with E-state index in [0.717, 1.165) is 13.0 Å². The molecule has 0 radical (unpaired) electrons. The van der Waals surface area contributed by atoms with Gasteiger partial charge in [0.15, 0.2) is 0 Å². The van der Waals surface area contributed by atoms with Crippen molar-refractivity contribution in [3.8, 4) is 0 Å². The monoisotopic (exact) mass is 315 g/mol. The molecule has 0 unspecified atom stereocenters. The predicted molar refractivity (Wildman–Crippen MR) is 83.8 cm³/mol. The van der Waals surface area contributed by atoms with Gasteiger partial charge in [0.25, 0.3) is 0 Å². The SMILES string of the molecule is CCNc1ncc(S(=O)(=O)NCCCN(C)C(C)C)cn1. The number of sulfonamides is 1. The summed E-state index contributed by atoms with van der Waals surface area (Å²) in [6.07, 6.45) is 3.38. The Morgan fingerprint density at radius 1 is 1.29 bits per heavy atom. The van der Waals surface area contributed by atoms with Gasteiger partial charge in [-0.1, -0.05) is 0 Å². The molecule has 1 rings (SSSR count). The summed E-state index contributed by atoms with van der Waals surface area (Å²) in [5.74, 6) is 0.426. The third-order valence-electron chi connectivity index (χ3n) is 3.13. The van der Waals surface area contributed by atoms with Crippen molar-refractivity contribution in [2.75, 3.05) is 32.0 Å². The van der Waals surface area contributed by atoms with Crippen LogP contribution in [0.25, 0.3) is 0 Å². The van der Waals surface area contributed by atoms with Gasteiger partial charge in [0.2, 0.25) is 16.0 Å². The summed E-state index contributed by atoms with van der Waals surface area (Å²) in [6.45, 7) is 8.06. The van der Waals surface area contributed by atoms with Gasteiger partial charge in [-0.3, -0.25) is 0 Å². The molecule has 0 aliphatic rings. The first-order chi connectivity index (χ1) is 9.86. The van der Waals surface area contributed by atoms with E-state index in [2.05, 4.69) is 38.8 Å². The van der Waals surface area contributed by atoms with E-state index in [9.17, 15) is 8.42 Å². The zero-order valence-electron chi connectivity index (χ0n) is 13.1. The summed E-state index contributed by atoms with van der Waals surface area (Å²) in [6, 6.07) is 0.452. The molecular formula is C13H25N5O2S. The number of nitrogens with one attached hydrogen (secondary N) is 2. The Morgan fingerprint density at radius 3 is 2.43 bits per heavy atom. The number of hydrogen-bond acceptors (Lipinski definition) is 6. The van der Waals surface area contributed by atoms with Gasteiger partial charge in [-0.05, 0) is 40.8 Å². The number of nitrogens with zero attached hydrogens (tertiary/aromatic N) is 3. The van der Waals surface area contributed by atoms with E-state index in [1.807, 2.05) is 14.0 Å². The molecule has 1 aromatic rings. The Kier molecular flexibility index (Phi) is 7.00. The highest BCUT2D eigenvalue weighted by molar-refractivity contribution is 7.89. The van der Waals surface area contributed by atoms with E-state index in [-0.39, 0.29) is 4.90 Å². The maximum Gasteiger partial charge on any atom is 0.243 e. The zero-order valence-corrected chi connectivity index (χ0v) is 13.9. The van der Waals surface area contributed by atoms with E-state index < -0.39 is 10.0 Å². The Morgan fingerprint density at radius 2 is 1.90 bits per heavy atom. The molecule has 2 N–H and O–H groups in total. The lowest BCUT2D eigenvalue weighted by Crippen LogP contribution is -2.31. The molecule has 0 atom stereocenters. The Labute approximate surface area is 127 Å². The molecule has 8 heteroatoms. The van der Waals surface area contributed by atoms with Gasteiger partial charge in [-0.15, -0.1) is 0 Å². The highest BCUT2D eigenvalue weighted by Gasteiger charge is 2.14. The van der Waals surface area contributed by atoms with Crippen molar-refractivity contribution in [3.05, 3.63) is 12.4 Å². The number of hydrogen-bond donors (Lipinski definition) is 2. The minimum Gasteiger partial charge on any atom is -0.355 e. The molecule has 1 heterocycles. The van der Waals surface area contributed by atoms with Crippen LogP contribution in [-0.2, 0) is 10.0 Å². The molecule has 0 aromatic carbocycles. The number of rotatable bonds is 9. The van der Waals surface area contributed by atoms with Crippen molar-refractivity contribution in [2.24, 2.45) is 0 Å². The highest BCUT2D eigenvalue weighted by atomic mass is 32.2. The van der Waals surface area contributed by atoms with E-state index in [4.69, 9.17) is 0 Å². The smallest absolute Gasteiger partial charge is 0.243 e. The van der Waals surface area contributed by atoms with Gasteiger partial charge in [0, 0.05) is 19.1 Å². The second-order valence-electron chi connectivity index (χ2n) is 5.10. The van der Waals surface area contributed by atoms with E-state index >= 15 is 0 Å². The van der Waals surface area contributed by atoms with Crippen LogP contribution in [0.5, 0.6) is 0 Å². The standard InChI is InChI=1S/C13H25N5O2S/c1-5-14-13-15-9-12(10-16-13)21(19,20)17-7-6-8-18(4)11(2)3/h9-11,17H,5-8H2,1-4H3,(H,14,15,16). The molecular weight excluding hydrogens is 290 g/mol. The van der Waals surface area contributed by atoms with E-state index in [1.165, 1.54) is 12.4 Å². The van der Waals surface area contributed by atoms with Crippen molar-refractivity contribution in [1.82, 2.24) is 19.6 Å². The van der Waals surface area contributed by atoms with Gasteiger partial charge in [0.05, 0.1) is 12.4 Å². The van der Waals surface area contributed by atoms with Crippen molar-refractivity contribution in [2.45, 2.75) is 38.1 Å². The van der Waals surface area contributed by atoms with Crippen molar-refractivity contribution in [3.63, 3.8) is 0 Å². The van der Waals surface area contributed by atoms with Crippen LogP contribution in [0.15, 0.2) is 17.3 Å². The molecule has 0 saturated carbocycles. The summed E-state index contributed by atoms with van der Waals surface area (Å²) >= 11 is 0. The fourth-order valence-electron chi connectivity index (χ4n) is 1.58. The summed E-state index contributed by atoms with van der Waals surface area (Å²) in [5.41, 5.74) is 0. The van der Waals surface area contributed by atoms with Crippen LogP contribution in [0, 0.1) is 0 Å². The Hall–Kier alpha value is -1.25. The first-order valence-corrected chi connectivity index (χ1v) is 8.61. The van der Waals surface area contributed by atoms with Crippen molar-refractivity contribution >= 4 is 16.0 Å². The van der Waals surface area contributed by atoms with Crippen LogP contribution in [0.2, 0.25) is 0 Å². The Balaban J connectivity index is 2.49. The van der Waals surface area contributed by atoms with Gasteiger partial charge < -0.3 is 10.2 Å². The maximum atomic E-state index is 12.1. The molecule has 0 bridgehead atoms. The van der Waals surface area contributed by atoms with Crippen LogP contribution in [0.3, 0.4) is 0 Å². The van der Waals surface area contributed by atoms with Gasteiger partial charge in [-0.25, -0.2) is 23.1 Å². The molecule has 0 saturated heterocycles. The predicted octanol–water partition coefficient (Wildman–Crippen LogP) is 0.917. The zero-order chi connectivity index (χ0) is 15.9. The molecule has 120 valence electrons. The van der Waals surface area contributed by atoms with E-state index in [0.29, 0.717) is 25.1 Å². The van der Waals surface area contributed by atoms with Crippen molar-refractivity contribution in [1.29, 1.82) is 0 Å². The molecule has 0 spiro atoms. The topological polar surface area (TPSA) is 87.2 Å². The molecule has 0 aliphatic carbocycles. The first-order valence-electron chi connectivity index (χ1n) is 7.12. The van der Waals surface area contributed by atoms with Gasteiger partial charge in [0.1, 0.15) is 4.90 Å². The number of aromatic nitrogens is 2. The van der Waals surface area contributed by atoms with Crippen LogP contribution in [0.4, 0.5) is 5.95 Å². The summed E-state index contributed by atoms with van der Waals surface area (Å²) < 4.78 is 26.7. The lowest BCUT2D eigenvalue weighted by molar-refractivity contribution is 0.271. The lowest BCUT2D eigenvalue weighted by Gasteiger charge is -2.20. The average Bonchev–Trinajstić information content (AvgIpc) is 2.44. The first kappa shape index (κ1) is 17.8. The minimum absolute atomic E-state index is 0.0846.